The van der Waals surface area contributed by atoms with Crippen molar-refractivity contribution in [3.63, 3.8) is 0 Å². The summed E-state index contributed by atoms with van der Waals surface area (Å²) in [7, 11) is 2.96. The number of amides is 1. The van der Waals surface area contributed by atoms with Gasteiger partial charge in [-0.3, -0.25) is 9.59 Å². The lowest BCUT2D eigenvalue weighted by molar-refractivity contribution is -0.145. The molecular weight excluding hydrogens is 272 g/mol. The van der Waals surface area contributed by atoms with E-state index in [0.717, 1.165) is 0 Å². The standard InChI is InChI=1S/C15H22N2O4/c1-5-21-13-7-11(6-12(16)8-13)14(18)17(3)9-10(2)15(19)20-4/h6-8,10H,5,9,16H2,1-4H3. The average Bonchev–Trinajstić information content (AvgIpc) is 2.45. The molecule has 1 unspecified atom stereocenters. The Hall–Kier alpha value is -2.24. The highest BCUT2D eigenvalue weighted by atomic mass is 16.5. The summed E-state index contributed by atoms with van der Waals surface area (Å²) in [5.74, 6) is -0.414. The molecule has 1 amide bonds. The molecule has 1 atom stereocenters. The number of benzene rings is 1. The monoisotopic (exact) mass is 294 g/mol. The molecule has 0 aliphatic carbocycles. The number of nitrogens with two attached hydrogens (primary N) is 1. The van der Waals surface area contributed by atoms with Gasteiger partial charge < -0.3 is 20.1 Å². The van der Waals surface area contributed by atoms with Gasteiger partial charge in [-0.15, -0.1) is 0 Å². The smallest absolute Gasteiger partial charge is 0.310 e. The number of hydrogen-bond donors (Lipinski definition) is 1. The predicted octanol–water partition coefficient (Wildman–Crippen LogP) is 1.55. The van der Waals surface area contributed by atoms with Gasteiger partial charge in [0, 0.05) is 30.9 Å². The maximum Gasteiger partial charge on any atom is 0.310 e. The second-order valence-electron chi connectivity index (χ2n) is 4.83. The summed E-state index contributed by atoms with van der Waals surface area (Å²) in [6.45, 7) is 4.33. The lowest BCUT2D eigenvalue weighted by atomic mass is 10.1. The molecule has 116 valence electrons. The molecule has 1 aromatic rings. The lowest BCUT2D eigenvalue weighted by Gasteiger charge is -2.20. The van der Waals surface area contributed by atoms with E-state index >= 15 is 0 Å². The molecule has 0 spiro atoms. The van der Waals surface area contributed by atoms with Crippen LogP contribution < -0.4 is 10.5 Å². The quantitative estimate of drug-likeness (QED) is 0.636. The summed E-state index contributed by atoms with van der Waals surface area (Å²) >= 11 is 0. The predicted molar refractivity (Wildman–Crippen MR) is 80.2 cm³/mol. The van der Waals surface area contributed by atoms with Gasteiger partial charge in [0.15, 0.2) is 0 Å². The van der Waals surface area contributed by atoms with Crippen LogP contribution >= 0.6 is 0 Å². The van der Waals surface area contributed by atoms with Gasteiger partial charge in [0.1, 0.15) is 5.75 Å². The number of carbonyl (C=O) groups excluding carboxylic acids is 2. The van der Waals surface area contributed by atoms with Gasteiger partial charge in [-0.2, -0.15) is 0 Å². The number of carbonyl (C=O) groups is 2. The SMILES string of the molecule is CCOc1cc(N)cc(C(=O)N(C)CC(C)C(=O)OC)c1. The number of methoxy groups -OCH3 is 1. The number of hydrogen-bond acceptors (Lipinski definition) is 5. The van der Waals surface area contributed by atoms with Crippen LogP contribution in [0.4, 0.5) is 5.69 Å². The summed E-state index contributed by atoms with van der Waals surface area (Å²) in [6, 6.07) is 4.89. The van der Waals surface area contributed by atoms with Crippen molar-refractivity contribution in [1.29, 1.82) is 0 Å². The Balaban J connectivity index is 2.84. The Labute approximate surface area is 124 Å². The molecule has 0 fully saturated rings. The maximum absolute atomic E-state index is 12.4. The van der Waals surface area contributed by atoms with Crippen LogP contribution in [0.3, 0.4) is 0 Å². The Bertz CT molecular complexity index is 516. The van der Waals surface area contributed by atoms with Crippen molar-refractivity contribution in [2.45, 2.75) is 13.8 Å². The Kier molecular flexibility index (Phi) is 6.02. The molecule has 0 aliphatic heterocycles. The summed E-state index contributed by atoms with van der Waals surface area (Å²) in [5.41, 5.74) is 6.66. The van der Waals surface area contributed by atoms with E-state index in [1.165, 1.54) is 12.0 Å². The molecule has 0 heterocycles. The molecular formula is C15H22N2O4. The normalized spacial score (nSPS) is 11.6. The fourth-order valence-electron chi connectivity index (χ4n) is 1.99. The third kappa shape index (κ3) is 4.66. The topological polar surface area (TPSA) is 81.9 Å². The minimum Gasteiger partial charge on any atom is -0.494 e. The largest absolute Gasteiger partial charge is 0.494 e. The summed E-state index contributed by atoms with van der Waals surface area (Å²) < 4.78 is 10.0. The second kappa shape index (κ2) is 7.52. The van der Waals surface area contributed by atoms with Crippen LogP contribution in [0.15, 0.2) is 18.2 Å². The maximum atomic E-state index is 12.4. The van der Waals surface area contributed by atoms with Gasteiger partial charge in [0.25, 0.3) is 5.91 Å². The Morgan fingerprint density at radius 1 is 1.33 bits per heavy atom. The molecule has 6 nitrogen and oxygen atoms in total. The van der Waals surface area contributed by atoms with E-state index in [1.54, 1.807) is 32.2 Å². The molecule has 2 N–H and O–H groups in total. The first-order chi connectivity index (χ1) is 9.88. The highest BCUT2D eigenvalue weighted by molar-refractivity contribution is 5.95. The van der Waals surface area contributed by atoms with Crippen molar-refractivity contribution in [2.75, 3.05) is 33.0 Å². The Morgan fingerprint density at radius 2 is 2.00 bits per heavy atom. The van der Waals surface area contributed by atoms with Crippen LogP contribution in [0.1, 0.15) is 24.2 Å². The highest BCUT2D eigenvalue weighted by Gasteiger charge is 2.20. The zero-order chi connectivity index (χ0) is 16.0. The van der Waals surface area contributed by atoms with Gasteiger partial charge in [-0.05, 0) is 19.1 Å². The van der Waals surface area contributed by atoms with E-state index < -0.39 is 5.92 Å². The number of nitrogen functional groups attached to an aromatic ring is 1. The van der Waals surface area contributed by atoms with Crippen LogP contribution in [0.25, 0.3) is 0 Å². The van der Waals surface area contributed by atoms with Gasteiger partial charge in [-0.1, -0.05) is 6.92 Å². The summed E-state index contributed by atoms with van der Waals surface area (Å²) in [4.78, 5) is 25.2. The first-order valence-corrected chi connectivity index (χ1v) is 6.75. The van der Waals surface area contributed by atoms with Gasteiger partial charge in [0.05, 0.1) is 19.6 Å². The number of anilines is 1. The van der Waals surface area contributed by atoms with Gasteiger partial charge in [0.2, 0.25) is 0 Å². The molecule has 6 heteroatoms. The summed E-state index contributed by atoms with van der Waals surface area (Å²) in [6.07, 6.45) is 0. The van der Waals surface area contributed by atoms with Crippen molar-refractivity contribution < 1.29 is 19.1 Å². The molecule has 0 aliphatic rings. The van der Waals surface area contributed by atoms with Crippen LogP contribution in [-0.4, -0.2) is 44.1 Å². The van der Waals surface area contributed by atoms with E-state index in [-0.39, 0.29) is 18.4 Å². The molecule has 0 aromatic heterocycles. The first kappa shape index (κ1) is 16.8. The summed E-state index contributed by atoms with van der Waals surface area (Å²) in [5, 5.41) is 0. The van der Waals surface area contributed by atoms with E-state index in [9.17, 15) is 9.59 Å². The lowest BCUT2D eigenvalue weighted by Crippen LogP contribution is -2.34. The molecule has 1 rings (SSSR count). The first-order valence-electron chi connectivity index (χ1n) is 6.75. The van der Waals surface area contributed by atoms with Crippen molar-refractivity contribution in [2.24, 2.45) is 5.92 Å². The highest BCUT2D eigenvalue weighted by Crippen LogP contribution is 2.20. The van der Waals surface area contributed by atoms with Gasteiger partial charge >= 0.3 is 5.97 Å². The average molecular weight is 294 g/mol. The number of ether oxygens (including phenoxy) is 2. The van der Waals surface area contributed by atoms with Crippen molar-refractivity contribution in [1.82, 2.24) is 4.90 Å². The van der Waals surface area contributed by atoms with Crippen LogP contribution in [-0.2, 0) is 9.53 Å². The van der Waals surface area contributed by atoms with Crippen LogP contribution in [0, 0.1) is 5.92 Å². The minimum atomic E-state index is -0.392. The van der Waals surface area contributed by atoms with Gasteiger partial charge in [-0.25, -0.2) is 0 Å². The number of nitrogens with zero attached hydrogens (tertiary/aromatic N) is 1. The molecule has 1 aromatic carbocycles. The number of rotatable bonds is 6. The third-order valence-electron chi connectivity index (χ3n) is 2.98. The molecule has 21 heavy (non-hydrogen) atoms. The fourth-order valence-corrected chi connectivity index (χ4v) is 1.99. The van der Waals surface area contributed by atoms with Crippen molar-refractivity contribution >= 4 is 17.6 Å². The molecule has 0 bridgehead atoms. The zero-order valence-electron chi connectivity index (χ0n) is 12.9. The third-order valence-corrected chi connectivity index (χ3v) is 2.98. The molecule has 0 saturated heterocycles. The van der Waals surface area contributed by atoms with E-state index in [1.807, 2.05) is 6.92 Å². The molecule has 0 radical (unpaired) electrons. The van der Waals surface area contributed by atoms with Crippen molar-refractivity contribution in [3.05, 3.63) is 23.8 Å². The van der Waals surface area contributed by atoms with E-state index in [4.69, 9.17) is 10.5 Å². The Morgan fingerprint density at radius 3 is 2.57 bits per heavy atom. The fraction of sp³-hybridized carbons (Fsp3) is 0.467. The van der Waals surface area contributed by atoms with E-state index in [2.05, 4.69) is 4.74 Å². The van der Waals surface area contributed by atoms with Crippen molar-refractivity contribution in [3.8, 4) is 5.75 Å². The number of esters is 1. The second-order valence-corrected chi connectivity index (χ2v) is 4.83. The van der Waals surface area contributed by atoms with Crippen LogP contribution in [0.5, 0.6) is 5.75 Å². The minimum absolute atomic E-state index is 0.223. The van der Waals surface area contributed by atoms with E-state index in [0.29, 0.717) is 23.6 Å². The van der Waals surface area contributed by atoms with Crippen LogP contribution in [0.2, 0.25) is 0 Å². The molecule has 0 saturated carbocycles. The zero-order valence-corrected chi connectivity index (χ0v) is 12.9.